The Morgan fingerprint density at radius 1 is 0.929 bits per heavy atom. The maximum atomic E-state index is 14.3. The molecule has 1 N–H and O–H groups in total. The summed E-state index contributed by atoms with van der Waals surface area (Å²) in [6, 6.07) is 21.0. The minimum Gasteiger partial charge on any atom is -0.454 e. The standard InChI is InChI=1S/C32H39N3O6S/c1-5-24(4)33-32(37)28(18-25-12-8-7-9-13-25)34(20-26-14-10-11-23(3)17-26)31(36)21-35(42(38,39)6-2)27-15-16-29-30(19-27)41-22-40-29/h7-17,19,24,28H,5-6,18,20-22H2,1-4H3,(H,33,37). The molecule has 3 aromatic rings. The third-order valence-electron chi connectivity index (χ3n) is 7.33. The number of carbonyl (C=O) groups is 2. The minimum atomic E-state index is -3.88. The molecule has 0 aliphatic carbocycles. The number of sulfonamides is 1. The first kappa shape index (κ1) is 30.9. The summed E-state index contributed by atoms with van der Waals surface area (Å²) < 4.78 is 38.6. The van der Waals surface area contributed by atoms with Crippen molar-refractivity contribution >= 4 is 27.5 Å². The van der Waals surface area contributed by atoms with Crippen LogP contribution < -0.4 is 19.1 Å². The molecule has 4 rings (SSSR count). The molecular formula is C32H39N3O6S. The van der Waals surface area contributed by atoms with Gasteiger partial charge >= 0.3 is 0 Å². The number of hydrogen-bond donors (Lipinski definition) is 1. The second-order valence-electron chi connectivity index (χ2n) is 10.5. The average molecular weight is 594 g/mol. The lowest BCUT2D eigenvalue weighted by Gasteiger charge is -2.34. The van der Waals surface area contributed by atoms with Crippen LogP contribution in [0.1, 0.15) is 43.9 Å². The van der Waals surface area contributed by atoms with Crippen LogP contribution in [0.2, 0.25) is 0 Å². The third-order valence-corrected chi connectivity index (χ3v) is 9.07. The lowest BCUT2D eigenvalue weighted by molar-refractivity contribution is -0.140. The number of aryl methyl sites for hydroxylation is 1. The van der Waals surface area contributed by atoms with Gasteiger partial charge in [-0.15, -0.1) is 0 Å². The molecule has 1 aliphatic heterocycles. The summed E-state index contributed by atoms with van der Waals surface area (Å²) in [5, 5.41) is 3.04. The van der Waals surface area contributed by atoms with Crippen molar-refractivity contribution in [2.24, 2.45) is 0 Å². The third kappa shape index (κ3) is 7.61. The maximum Gasteiger partial charge on any atom is 0.244 e. The highest BCUT2D eigenvalue weighted by molar-refractivity contribution is 7.92. The molecule has 0 saturated heterocycles. The highest BCUT2D eigenvalue weighted by atomic mass is 32.2. The molecule has 2 unspecified atom stereocenters. The predicted molar refractivity (Wildman–Crippen MR) is 163 cm³/mol. The van der Waals surface area contributed by atoms with Crippen LogP contribution in [0.15, 0.2) is 72.8 Å². The monoisotopic (exact) mass is 593 g/mol. The van der Waals surface area contributed by atoms with Crippen LogP contribution >= 0.6 is 0 Å². The molecule has 0 radical (unpaired) electrons. The Labute approximate surface area is 248 Å². The first-order chi connectivity index (χ1) is 20.1. The Morgan fingerprint density at radius 2 is 1.64 bits per heavy atom. The highest BCUT2D eigenvalue weighted by Gasteiger charge is 2.34. The van der Waals surface area contributed by atoms with Crippen LogP contribution in [-0.2, 0) is 32.6 Å². The molecule has 0 bridgehead atoms. The van der Waals surface area contributed by atoms with Gasteiger partial charge < -0.3 is 19.7 Å². The van der Waals surface area contributed by atoms with Crippen molar-refractivity contribution in [3.05, 3.63) is 89.5 Å². The molecule has 0 aromatic heterocycles. The number of benzene rings is 3. The van der Waals surface area contributed by atoms with Crippen molar-refractivity contribution in [2.45, 2.75) is 59.2 Å². The number of amides is 2. The molecule has 3 aromatic carbocycles. The summed E-state index contributed by atoms with van der Waals surface area (Å²) >= 11 is 0. The van der Waals surface area contributed by atoms with E-state index < -0.39 is 28.5 Å². The zero-order valence-electron chi connectivity index (χ0n) is 24.6. The van der Waals surface area contributed by atoms with E-state index in [0.29, 0.717) is 11.5 Å². The summed E-state index contributed by atoms with van der Waals surface area (Å²) in [6.07, 6.45) is 0.994. The number of fused-ring (bicyclic) bond motifs is 1. The fourth-order valence-corrected chi connectivity index (χ4v) is 5.82. The van der Waals surface area contributed by atoms with Gasteiger partial charge in [0.05, 0.1) is 11.4 Å². The van der Waals surface area contributed by atoms with Crippen molar-refractivity contribution in [1.29, 1.82) is 0 Å². The molecule has 1 aliphatic rings. The van der Waals surface area contributed by atoms with E-state index in [2.05, 4.69) is 5.32 Å². The summed E-state index contributed by atoms with van der Waals surface area (Å²) in [5.41, 5.74) is 3.02. The fraction of sp³-hybridized carbons (Fsp3) is 0.375. The minimum absolute atomic E-state index is 0.0367. The average Bonchev–Trinajstić information content (AvgIpc) is 3.46. The van der Waals surface area contributed by atoms with Gasteiger partial charge in [0.15, 0.2) is 11.5 Å². The Balaban J connectivity index is 1.75. The number of rotatable bonds is 13. The van der Waals surface area contributed by atoms with Crippen LogP contribution in [0.3, 0.4) is 0 Å². The van der Waals surface area contributed by atoms with Gasteiger partial charge in [-0.05, 0) is 50.5 Å². The van der Waals surface area contributed by atoms with Crippen LogP contribution in [-0.4, -0.2) is 56.3 Å². The first-order valence-corrected chi connectivity index (χ1v) is 15.8. The molecule has 1 heterocycles. The highest BCUT2D eigenvalue weighted by Crippen LogP contribution is 2.36. The van der Waals surface area contributed by atoms with Crippen LogP contribution in [0, 0.1) is 6.92 Å². The Kier molecular flexibility index (Phi) is 10.1. The van der Waals surface area contributed by atoms with Crippen molar-refractivity contribution in [3.8, 4) is 11.5 Å². The maximum absolute atomic E-state index is 14.3. The molecule has 2 atom stereocenters. The molecular weight excluding hydrogens is 554 g/mol. The van der Waals surface area contributed by atoms with Gasteiger partial charge in [0, 0.05) is 25.1 Å². The van der Waals surface area contributed by atoms with Crippen molar-refractivity contribution in [1.82, 2.24) is 10.2 Å². The van der Waals surface area contributed by atoms with Gasteiger partial charge in [-0.2, -0.15) is 0 Å². The number of anilines is 1. The topological polar surface area (TPSA) is 105 Å². The molecule has 224 valence electrons. The van der Waals surface area contributed by atoms with E-state index in [1.807, 2.05) is 75.4 Å². The summed E-state index contributed by atoms with van der Waals surface area (Å²) in [6.45, 7) is 7.07. The predicted octanol–water partition coefficient (Wildman–Crippen LogP) is 4.43. The Morgan fingerprint density at radius 3 is 2.33 bits per heavy atom. The number of nitrogens with one attached hydrogen (secondary N) is 1. The molecule has 0 saturated carbocycles. The van der Waals surface area contributed by atoms with Gasteiger partial charge in [-0.3, -0.25) is 13.9 Å². The SMILES string of the molecule is CCC(C)NC(=O)C(Cc1ccccc1)N(Cc1cccc(C)c1)C(=O)CN(c1ccc2c(c1)OCO2)S(=O)(=O)CC. The van der Waals surface area contributed by atoms with Gasteiger partial charge in [0.1, 0.15) is 12.6 Å². The number of ether oxygens (including phenoxy) is 2. The fourth-order valence-electron chi connectivity index (χ4n) is 4.76. The summed E-state index contributed by atoms with van der Waals surface area (Å²) in [5.74, 6) is -0.0878. The van der Waals surface area contributed by atoms with E-state index >= 15 is 0 Å². The molecule has 42 heavy (non-hydrogen) atoms. The lowest BCUT2D eigenvalue weighted by atomic mass is 10.0. The smallest absolute Gasteiger partial charge is 0.244 e. The van der Waals surface area contributed by atoms with Crippen molar-refractivity contribution in [2.75, 3.05) is 23.4 Å². The molecule has 0 fully saturated rings. The normalized spacial score (nSPS) is 13.7. The zero-order chi connectivity index (χ0) is 30.3. The molecule has 0 spiro atoms. The van der Waals surface area contributed by atoms with Crippen LogP contribution in [0.5, 0.6) is 11.5 Å². The Bertz CT molecular complexity index is 1500. The van der Waals surface area contributed by atoms with Gasteiger partial charge in [-0.25, -0.2) is 8.42 Å². The van der Waals surface area contributed by atoms with E-state index in [9.17, 15) is 18.0 Å². The number of carbonyl (C=O) groups excluding carboxylic acids is 2. The van der Waals surface area contributed by atoms with Crippen LogP contribution in [0.25, 0.3) is 0 Å². The quantitative estimate of drug-likeness (QED) is 0.314. The zero-order valence-corrected chi connectivity index (χ0v) is 25.4. The van der Waals surface area contributed by atoms with E-state index in [-0.39, 0.29) is 43.1 Å². The molecule has 9 nitrogen and oxygen atoms in total. The number of nitrogens with zero attached hydrogens (tertiary/aromatic N) is 2. The van der Waals surface area contributed by atoms with Crippen LogP contribution in [0.4, 0.5) is 5.69 Å². The van der Waals surface area contributed by atoms with Gasteiger partial charge in [0.25, 0.3) is 0 Å². The van der Waals surface area contributed by atoms with E-state index in [4.69, 9.17) is 9.47 Å². The molecule has 10 heteroatoms. The summed E-state index contributed by atoms with van der Waals surface area (Å²) in [7, 11) is -3.88. The van der Waals surface area contributed by atoms with E-state index in [1.165, 1.54) is 11.8 Å². The molecule has 2 amide bonds. The summed E-state index contributed by atoms with van der Waals surface area (Å²) in [4.78, 5) is 29.6. The second kappa shape index (κ2) is 13.7. The van der Waals surface area contributed by atoms with E-state index in [0.717, 1.165) is 27.4 Å². The second-order valence-corrected chi connectivity index (χ2v) is 12.7. The van der Waals surface area contributed by atoms with Crippen molar-refractivity contribution in [3.63, 3.8) is 0 Å². The Hall–Kier alpha value is -4.05. The van der Waals surface area contributed by atoms with Crippen molar-refractivity contribution < 1.29 is 27.5 Å². The van der Waals surface area contributed by atoms with Gasteiger partial charge in [0.2, 0.25) is 28.6 Å². The van der Waals surface area contributed by atoms with E-state index in [1.54, 1.807) is 18.2 Å². The largest absolute Gasteiger partial charge is 0.454 e. The number of hydrogen-bond acceptors (Lipinski definition) is 6. The first-order valence-electron chi connectivity index (χ1n) is 14.2. The van der Waals surface area contributed by atoms with Gasteiger partial charge in [-0.1, -0.05) is 67.1 Å². The lowest BCUT2D eigenvalue weighted by Crippen LogP contribution is -2.54.